The number of oxime groups is 1. The van der Waals surface area contributed by atoms with Gasteiger partial charge in [-0.25, -0.2) is 0 Å². The fraction of sp³-hybridized carbons (Fsp3) is 0.385. The Morgan fingerprint density at radius 1 is 1.53 bits per heavy atom. The molecule has 0 unspecified atom stereocenters. The topological polar surface area (TPSA) is 88.1 Å². The summed E-state index contributed by atoms with van der Waals surface area (Å²) >= 11 is 0. The number of nitrogens with zero attached hydrogens (tertiary/aromatic N) is 2. The van der Waals surface area contributed by atoms with Crippen molar-refractivity contribution < 1.29 is 14.7 Å². The lowest BCUT2D eigenvalue weighted by Gasteiger charge is -2.20. The van der Waals surface area contributed by atoms with Gasteiger partial charge < -0.3 is 20.6 Å². The van der Waals surface area contributed by atoms with E-state index in [-0.39, 0.29) is 24.7 Å². The van der Waals surface area contributed by atoms with E-state index in [2.05, 4.69) is 5.16 Å². The molecule has 1 aromatic rings. The van der Waals surface area contributed by atoms with E-state index < -0.39 is 0 Å². The van der Waals surface area contributed by atoms with Gasteiger partial charge in [0.15, 0.2) is 5.84 Å². The van der Waals surface area contributed by atoms with E-state index in [1.165, 1.54) is 4.90 Å². The van der Waals surface area contributed by atoms with Crippen LogP contribution in [-0.4, -0.2) is 42.0 Å². The summed E-state index contributed by atoms with van der Waals surface area (Å²) < 4.78 is 5.11. The minimum Gasteiger partial charge on any atom is -0.497 e. The van der Waals surface area contributed by atoms with Crippen molar-refractivity contribution in [2.24, 2.45) is 10.9 Å². The molecule has 0 saturated carbocycles. The molecule has 6 nitrogen and oxygen atoms in total. The first-order chi connectivity index (χ1) is 9.10. The van der Waals surface area contributed by atoms with Crippen LogP contribution in [0, 0.1) is 0 Å². The van der Waals surface area contributed by atoms with Gasteiger partial charge in [0, 0.05) is 6.54 Å². The summed E-state index contributed by atoms with van der Waals surface area (Å²) in [6.07, 6.45) is 0.254. The van der Waals surface area contributed by atoms with Crippen molar-refractivity contribution in [1.82, 2.24) is 4.90 Å². The molecular formula is C13H19N3O3. The Morgan fingerprint density at radius 2 is 2.26 bits per heavy atom. The number of carbonyl (C=O) groups excluding carboxylic acids is 1. The molecule has 0 aliphatic heterocycles. The van der Waals surface area contributed by atoms with E-state index >= 15 is 0 Å². The van der Waals surface area contributed by atoms with Gasteiger partial charge in [0.25, 0.3) is 0 Å². The summed E-state index contributed by atoms with van der Waals surface area (Å²) in [5.74, 6) is 0.646. The highest BCUT2D eigenvalue weighted by molar-refractivity contribution is 5.87. The first-order valence-electron chi connectivity index (χ1n) is 5.97. The van der Waals surface area contributed by atoms with Crippen LogP contribution in [0.5, 0.6) is 5.75 Å². The third-order valence-corrected chi connectivity index (χ3v) is 2.71. The summed E-state index contributed by atoms with van der Waals surface area (Å²) in [6.45, 7) is 2.46. The highest BCUT2D eigenvalue weighted by atomic mass is 16.5. The molecular weight excluding hydrogens is 246 g/mol. The maximum Gasteiger partial charge on any atom is 0.227 e. The Bertz CT molecular complexity index is 460. The summed E-state index contributed by atoms with van der Waals surface area (Å²) in [5.41, 5.74) is 6.28. The molecule has 0 aliphatic rings. The Morgan fingerprint density at radius 3 is 2.84 bits per heavy atom. The number of rotatable bonds is 6. The average molecular weight is 265 g/mol. The van der Waals surface area contributed by atoms with Gasteiger partial charge in [-0.2, -0.15) is 0 Å². The van der Waals surface area contributed by atoms with E-state index in [9.17, 15) is 4.79 Å². The first-order valence-corrected chi connectivity index (χ1v) is 5.97. The predicted octanol–water partition coefficient (Wildman–Crippen LogP) is 0.833. The minimum absolute atomic E-state index is 0.0147. The normalized spacial score (nSPS) is 11.2. The van der Waals surface area contributed by atoms with Crippen LogP contribution in [-0.2, 0) is 11.2 Å². The van der Waals surface area contributed by atoms with Crippen molar-refractivity contribution in [3.8, 4) is 5.75 Å². The van der Waals surface area contributed by atoms with Gasteiger partial charge >= 0.3 is 0 Å². The summed E-state index contributed by atoms with van der Waals surface area (Å²) in [6, 6.07) is 7.33. The van der Waals surface area contributed by atoms with Crippen molar-refractivity contribution in [3.63, 3.8) is 0 Å². The van der Waals surface area contributed by atoms with E-state index in [4.69, 9.17) is 15.7 Å². The molecule has 1 amide bonds. The van der Waals surface area contributed by atoms with Crippen LogP contribution in [0.25, 0.3) is 0 Å². The van der Waals surface area contributed by atoms with Crippen LogP contribution in [0.2, 0.25) is 0 Å². The van der Waals surface area contributed by atoms with Crippen LogP contribution >= 0.6 is 0 Å². The molecule has 6 heteroatoms. The SMILES string of the molecule is CCN(CC(N)=NO)C(=O)Cc1cccc(OC)c1. The number of hydrogen-bond donors (Lipinski definition) is 2. The van der Waals surface area contributed by atoms with Crippen LogP contribution < -0.4 is 10.5 Å². The predicted molar refractivity (Wildman–Crippen MR) is 72.4 cm³/mol. The number of nitrogens with two attached hydrogens (primary N) is 1. The van der Waals surface area contributed by atoms with Crippen molar-refractivity contribution in [3.05, 3.63) is 29.8 Å². The molecule has 3 N–H and O–H groups in total. The van der Waals surface area contributed by atoms with Gasteiger partial charge in [0.2, 0.25) is 5.91 Å². The Balaban J connectivity index is 2.70. The molecule has 0 aliphatic carbocycles. The second-order valence-corrected chi connectivity index (χ2v) is 4.03. The van der Waals surface area contributed by atoms with Crippen molar-refractivity contribution in [1.29, 1.82) is 0 Å². The lowest BCUT2D eigenvalue weighted by molar-refractivity contribution is -0.129. The number of hydrogen-bond acceptors (Lipinski definition) is 4. The van der Waals surface area contributed by atoms with Crippen molar-refractivity contribution >= 4 is 11.7 Å². The molecule has 1 rings (SSSR count). The van der Waals surface area contributed by atoms with E-state index in [1.54, 1.807) is 7.11 Å². The molecule has 0 bridgehead atoms. The Hall–Kier alpha value is -2.24. The molecule has 19 heavy (non-hydrogen) atoms. The molecule has 0 fully saturated rings. The zero-order valence-electron chi connectivity index (χ0n) is 11.2. The number of methoxy groups -OCH3 is 1. The van der Waals surface area contributed by atoms with E-state index in [0.29, 0.717) is 12.3 Å². The molecule has 0 aromatic heterocycles. The van der Waals surface area contributed by atoms with Crippen molar-refractivity contribution in [2.45, 2.75) is 13.3 Å². The zero-order valence-corrected chi connectivity index (χ0v) is 11.2. The summed E-state index contributed by atoms with van der Waals surface area (Å²) in [4.78, 5) is 13.6. The average Bonchev–Trinajstić information content (AvgIpc) is 2.44. The minimum atomic E-state index is -0.0812. The number of ether oxygens (including phenoxy) is 1. The molecule has 0 saturated heterocycles. The Kier molecular flexibility index (Phi) is 5.66. The largest absolute Gasteiger partial charge is 0.497 e. The maximum atomic E-state index is 12.1. The molecule has 0 heterocycles. The number of likely N-dealkylation sites (N-methyl/N-ethyl adjacent to an activating group) is 1. The molecule has 0 spiro atoms. The van der Waals surface area contributed by atoms with Crippen molar-refractivity contribution in [2.75, 3.05) is 20.2 Å². The second kappa shape index (κ2) is 7.25. The van der Waals surface area contributed by atoms with Gasteiger partial charge in [-0.3, -0.25) is 4.79 Å². The monoisotopic (exact) mass is 265 g/mol. The molecule has 0 atom stereocenters. The van der Waals surface area contributed by atoms with Crippen LogP contribution in [0.15, 0.2) is 29.4 Å². The first kappa shape index (κ1) is 14.8. The number of amidine groups is 1. The van der Waals surface area contributed by atoms with Gasteiger partial charge in [-0.15, -0.1) is 0 Å². The third kappa shape index (κ3) is 4.50. The highest BCUT2D eigenvalue weighted by Gasteiger charge is 2.14. The third-order valence-electron chi connectivity index (χ3n) is 2.71. The fourth-order valence-corrected chi connectivity index (χ4v) is 1.67. The maximum absolute atomic E-state index is 12.1. The van der Waals surface area contributed by atoms with Gasteiger partial charge in [-0.05, 0) is 24.6 Å². The van der Waals surface area contributed by atoms with Gasteiger partial charge in [-0.1, -0.05) is 17.3 Å². The fourth-order valence-electron chi connectivity index (χ4n) is 1.67. The summed E-state index contributed by atoms with van der Waals surface area (Å²) in [5, 5.41) is 11.4. The standard InChI is InChI=1S/C13H19N3O3/c1-3-16(9-12(14)15-18)13(17)8-10-5-4-6-11(7-10)19-2/h4-7,18H,3,8-9H2,1-2H3,(H2,14,15). The van der Waals surface area contributed by atoms with Crippen LogP contribution in [0.4, 0.5) is 0 Å². The highest BCUT2D eigenvalue weighted by Crippen LogP contribution is 2.13. The lowest BCUT2D eigenvalue weighted by atomic mass is 10.1. The van der Waals surface area contributed by atoms with E-state index in [0.717, 1.165) is 5.56 Å². The van der Waals surface area contributed by atoms with E-state index in [1.807, 2.05) is 31.2 Å². The zero-order chi connectivity index (χ0) is 14.3. The molecule has 104 valence electrons. The number of carbonyl (C=O) groups is 1. The molecule has 0 radical (unpaired) electrons. The molecule has 1 aromatic carbocycles. The van der Waals surface area contributed by atoms with Gasteiger partial charge in [0.1, 0.15) is 5.75 Å². The van der Waals surface area contributed by atoms with Gasteiger partial charge in [0.05, 0.1) is 20.1 Å². The van der Waals surface area contributed by atoms with Crippen LogP contribution in [0.3, 0.4) is 0 Å². The smallest absolute Gasteiger partial charge is 0.227 e. The number of amides is 1. The number of benzene rings is 1. The lowest BCUT2D eigenvalue weighted by Crippen LogP contribution is -2.39. The second-order valence-electron chi connectivity index (χ2n) is 4.03. The quantitative estimate of drug-likeness (QED) is 0.345. The Labute approximate surface area is 112 Å². The van der Waals surface area contributed by atoms with Crippen LogP contribution in [0.1, 0.15) is 12.5 Å². The summed E-state index contributed by atoms with van der Waals surface area (Å²) in [7, 11) is 1.58.